The fourth-order valence-corrected chi connectivity index (χ4v) is 6.29. The van der Waals surface area contributed by atoms with Gasteiger partial charge in [-0.15, -0.1) is 4.28 Å². The minimum Gasteiger partial charge on any atom is -0.530 e. The van der Waals surface area contributed by atoms with Crippen LogP contribution in [0.3, 0.4) is 0 Å². The van der Waals surface area contributed by atoms with E-state index in [0.717, 1.165) is 9.80 Å². The van der Waals surface area contributed by atoms with Crippen LogP contribution in [0.15, 0.2) is 0 Å². The first-order valence-corrected chi connectivity index (χ1v) is 18.4. The molecule has 0 aromatic carbocycles. The molecule has 270 valence electrons. The molecule has 0 aromatic rings. The van der Waals surface area contributed by atoms with Crippen LogP contribution in [0.5, 0.6) is 0 Å². The number of fused-ring (bicyclic) bond motifs is 2. The molecule has 2 N–H and O–H groups in total. The van der Waals surface area contributed by atoms with Crippen LogP contribution < -0.4 is 10.6 Å². The largest absolute Gasteiger partial charge is 0.530 e. The number of carbonyl (C=O) groups is 3. The summed E-state index contributed by atoms with van der Waals surface area (Å²) in [4.78, 5) is 43.0. The highest BCUT2D eigenvalue weighted by atomic mass is 32.3. The van der Waals surface area contributed by atoms with E-state index < -0.39 is 40.5 Å². The fraction of sp³-hybridized carbons (Fsp3) is 0.903. The number of amides is 4. The van der Waals surface area contributed by atoms with Crippen LogP contribution in [0.25, 0.3) is 0 Å². The quantitative estimate of drug-likeness (QED) is 0.0843. The highest BCUT2D eigenvalue weighted by Crippen LogP contribution is 2.30. The van der Waals surface area contributed by atoms with E-state index in [2.05, 4.69) is 37.5 Å². The SMILES string of the molecule is CC(C)(C)CN(CCONC(=O)[C@@H]1CC[C@@H]2CN1C(=O)N2OS(=O)(=O)O)C(=O)[O-].CCCC[N+](CCCC)(CCCC)CCCC. The molecule has 2 saturated heterocycles. The van der Waals surface area contributed by atoms with E-state index in [0.29, 0.717) is 5.06 Å². The molecular weight excluding hydrogens is 618 g/mol. The molecule has 2 rings (SSSR count). The van der Waals surface area contributed by atoms with Gasteiger partial charge in [-0.05, 0) is 43.9 Å². The molecule has 0 aromatic heterocycles. The van der Waals surface area contributed by atoms with Gasteiger partial charge in [0, 0.05) is 19.6 Å². The third-order valence-corrected chi connectivity index (χ3v) is 8.65. The Bertz CT molecular complexity index is 1000. The van der Waals surface area contributed by atoms with Gasteiger partial charge in [0.2, 0.25) is 0 Å². The Hall–Kier alpha value is -2.20. The molecule has 14 nitrogen and oxygen atoms in total. The maximum atomic E-state index is 12.3. The molecule has 15 heteroatoms. The molecule has 2 aliphatic rings. The summed E-state index contributed by atoms with van der Waals surface area (Å²) >= 11 is 0. The lowest BCUT2D eigenvalue weighted by Gasteiger charge is -2.39. The Morgan fingerprint density at radius 2 is 1.48 bits per heavy atom. The minimum absolute atomic E-state index is 0.0226. The number of carbonyl (C=O) groups excluding carboxylic acids is 3. The van der Waals surface area contributed by atoms with Crippen molar-refractivity contribution < 1.29 is 46.1 Å². The van der Waals surface area contributed by atoms with Crippen molar-refractivity contribution in [3.8, 4) is 0 Å². The van der Waals surface area contributed by atoms with Gasteiger partial charge in [0.25, 0.3) is 5.91 Å². The second kappa shape index (κ2) is 20.2. The molecule has 0 radical (unpaired) electrons. The zero-order valence-electron chi connectivity index (χ0n) is 29.3. The topological polar surface area (TPSA) is 169 Å². The minimum atomic E-state index is -4.87. The number of carboxylic acid groups (broad SMARTS) is 1. The maximum Gasteiger partial charge on any atom is 0.418 e. The Kier molecular flexibility index (Phi) is 18.4. The second-order valence-corrected chi connectivity index (χ2v) is 14.7. The number of nitrogens with one attached hydrogen (secondary N) is 1. The molecule has 2 atom stereocenters. The third kappa shape index (κ3) is 15.1. The molecule has 0 saturated carbocycles. The van der Waals surface area contributed by atoms with Crippen molar-refractivity contribution in [1.82, 2.24) is 20.3 Å². The number of hydroxylamine groups is 3. The number of hydrogen-bond acceptors (Lipinski definition) is 8. The van der Waals surface area contributed by atoms with Crippen LogP contribution in [-0.2, 0) is 24.3 Å². The number of piperidine rings is 1. The van der Waals surface area contributed by atoms with Gasteiger partial charge < -0.3 is 24.2 Å². The van der Waals surface area contributed by atoms with Crippen molar-refractivity contribution >= 4 is 28.4 Å². The summed E-state index contributed by atoms with van der Waals surface area (Å²) in [5.74, 6) is -0.638. The first-order valence-electron chi connectivity index (χ1n) is 17.0. The third-order valence-electron chi connectivity index (χ3n) is 8.30. The van der Waals surface area contributed by atoms with E-state index in [1.807, 2.05) is 20.8 Å². The van der Waals surface area contributed by atoms with Gasteiger partial charge in [0.15, 0.2) is 0 Å². The van der Waals surface area contributed by atoms with E-state index in [9.17, 15) is 27.9 Å². The lowest BCUT2D eigenvalue weighted by molar-refractivity contribution is -0.929. The van der Waals surface area contributed by atoms with Crippen molar-refractivity contribution in [3.05, 3.63) is 0 Å². The van der Waals surface area contributed by atoms with Gasteiger partial charge in [-0.1, -0.05) is 74.1 Å². The van der Waals surface area contributed by atoms with Crippen LogP contribution in [0.2, 0.25) is 0 Å². The Morgan fingerprint density at radius 1 is 0.978 bits per heavy atom. The highest BCUT2D eigenvalue weighted by molar-refractivity contribution is 7.80. The molecule has 0 aliphatic carbocycles. The standard InChI is InChI=1S/C16H36N.C15H26N4O9S/c1-5-9-13-17(14-10-6-2,15-11-7-3)16-12-8-4;1-15(2,3)9-17(14(22)23)6-7-27-16-12(20)11-5-4-10-8-18(11)13(21)19(10)28-29(24,25)26/h5-16H2,1-4H3;10-11H,4-9H2,1-3H3,(H,16,20)(H,22,23)(H,24,25,26)/q+1;/p-1/t;10-,11+/m.1/s1. The zero-order valence-corrected chi connectivity index (χ0v) is 30.1. The average Bonchev–Trinajstić information content (AvgIpc) is 3.20. The number of urea groups is 1. The Balaban J connectivity index is 0.000000533. The summed E-state index contributed by atoms with van der Waals surface area (Å²) in [6.07, 6.45) is 10.2. The molecule has 4 amide bonds. The first kappa shape index (κ1) is 41.8. The van der Waals surface area contributed by atoms with Gasteiger partial charge in [0.1, 0.15) is 12.1 Å². The lowest BCUT2D eigenvalue weighted by atomic mass is 9.96. The Labute approximate surface area is 277 Å². The van der Waals surface area contributed by atoms with Gasteiger partial charge in [-0.25, -0.2) is 10.3 Å². The number of quaternary nitrogens is 1. The van der Waals surface area contributed by atoms with Gasteiger partial charge >= 0.3 is 16.4 Å². The number of rotatable bonds is 20. The average molecular weight is 680 g/mol. The monoisotopic (exact) mass is 679 g/mol. The van der Waals surface area contributed by atoms with Crippen LogP contribution in [0, 0.1) is 5.41 Å². The normalized spacial score (nSPS) is 18.3. The molecule has 2 fully saturated rings. The second-order valence-electron chi connectivity index (χ2n) is 13.7. The summed E-state index contributed by atoms with van der Waals surface area (Å²) in [6.45, 7) is 20.7. The van der Waals surface area contributed by atoms with Gasteiger partial charge in [-0.2, -0.15) is 13.5 Å². The maximum absolute atomic E-state index is 12.3. The van der Waals surface area contributed by atoms with Crippen LogP contribution >= 0.6 is 0 Å². The van der Waals surface area contributed by atoms with Crippen molar-refractivity contribution in [1.29, 1.82) is 0 Å². The first-order chi connectivity index (χ1) is 21.5. The van der Waals surface area contributed by atoms with E-state index in [4.69, 9.17) is 9.39 Å². The van der Waals surface area contributed by atoms with Crippen LogP contribution in [-0.4, -0.2) is 115 Å². The summed E-state index contributed by atoms with van der Waals surface area (Å²) in [5, 5.41) is 11.7. The van der Waals surface area contributed by atoms with Crippen molar-refractivity contribution in [3.63, 3.8) is 0 Å². The molecular formula is C31H61N5O9S. The van der Waals surface area contributed by atoms with Gasteiger partial charge in [-0.3, -0.25) is 14.2 Å². The van der Waals surface area contributed by atoms with Crippen molar-refractivity contribution in [2.24, 2.45) is 5.41 Å². The molecule has 46 heavy (non-hydrogen) atoms. The van der Waals surface area contributed by atoms with E-state index in [-0.39, 0.29) is 44.5 Å². The number of nitrogens with zero attached hydrogens (tertiary/aromatic N) is 4. The lowest BCUT2D eigenvalue weighted by Crippen LogP contribution is -2.50. The van der Waals surface area contributed by atoms with Crippen molar-refractivity contribution in [2.75, 3.05) is 52.4 Å². The smallest absolute Gasteiger partial charge is 0.418 e. The van der Waals surface area contributed by atoms with E-state index >= 15 is 0 Å². The summed E-state index contributed by atoms with van der Waals surface area (Å²) in [5.41, 5.74) is 1.89. The summed E-state index contributed by atoms with van der Waals surface area (Å²) in [6, 6.07) is -2.39. The molecule has 2 aliphatic heterocycles. The summed E-state index contributed by atoms with van der Waals surface area (Å²) in [7, 11) is -4.87. The van der Waals surface area contributed by atoms with E-state index in [1.165, 1.54) is 82.0 Å². The molecule has 0 spiro atoms. The van der Waals surface area contributed by atoms with Gasteiger partial charge in [0.05, 0.1) is 38.8 Å². The number of unbranched alkanes of at least 4 members (excludes halogenated alkanes) is 4. The van der Waals surface area contributed by atoms with Crippen LogP contribution in [0.1, 0.15) is 113 Å². The molecule has 0 unspecified atom stereocenters. The predicted octanol–water partition coefficient (Wildman–Crippen LogP) is 3.73. The molecule has 2 heterocycles. The number of hydrogen-bond donors (Lipinski definition) is 2. The fourth-order valence-electron chi connectivity index (χ4n) is 5.90. The zero-order chi connectivity index (χ0) is 35.0. The Morgan fingerprint density at radius 3 is 1.89 bits per heavy atom. The van der Waals surface area contributed by atoms with Crippen LogP contribution in [0.4, 0.5) is 9.59 Å². The highest BCUT2D eigenvalue weighted by Gasteiger charge is 2.49. The summed E-state index contributed by atoms with van der Waals surface area (Å²) < 4.78 is 36.2. The van der Waals surface area contributed by atoms with Crippen molar-refractivity contribution in [2.45, 2.75) is 125 Å². The van der Waals surface area contributed by atoms with E-state index in [1.54, 1.807) is 0 Å². The molecule has 2 bridgehead atoms. The predicted molar refractivity (Wildman–Crippen MR) is 173 cm³/mol.